The highest BCUT2D eigenvalue weighted by Gasteiger charge is 2.21. The molecule has 4 aromatic rings. The van der Waals surface area contributed by atoms with Crippen molar-refractivity contribution in [1.29, 1.82) is 0 Å². The van der Waals surface area contributed by atoms with Crippen molar-refractivity contribution in [3.63, 3.8) is 0 Å². The molecule has 1 aromatic heterocycles. The number of thiophene rings is 1. The number of hydrogen-bond donors (Lipinski definition) is 2. The Kier molecular flexibility index (Phi) is 8.24. The number of nitrogens with zero attached hydrogens (tertiary/aromatic N) is 1. The summed E-state index contributed by atoms with van der Waals surface area (Å²) in [6, 6.07) is 24.0. The van der Waals surface area contributed by atoms with E-state index in [0.717, 1.165) is 21.9 Å². The number of nitrogens with one attached hydrogen (secondary N) is 2. The van der Waals surface area contributed by atoms with Crippen LogP contribution in [0.25, 0.3) is 0 Å². The van der Waals surface area contributed by atoms with Crippen molar-refractivity contribution in [1.82, 2.24) is 4.83 Å². The molecule has 2 amide bonds. The maximum Gasteiger partial charge on any atom is 0.267 e. The molecule has 4 rings (SSSR count). The highest BCUT2D eigenvalue weighted by Crippen LogP contribution is 2.28. The molecule has 3 aromatic carbocycles. The fourth-order valence-corrected chi connectivity index (χ4v) is 5.87. The summed E-state index contributed by atoms with van der Waals surface area (Å²) in [7, 11) is -4.01. The Morgan fingerprint density at radius 1 is 1.03 bits per heavy atom. The van der Waals surface area contributed by atoms with Gasteiger partial charge in [0.15, 0.2) is 0 Å². The van der Waals surface area contributed by atoms with Gasteiger partial charge in [0.25, 0.3) is 15.9 Å². The van der Waals surface area contributed by atoms with Crippen molar-refractivity contribution in [2.24, 2.45) is 0 Å². The predicted molar refractivity (Wildman–Crippen MR) is 145 cm³/mol. The number of halogens is 1. The highest BCUT2D eigenvalue weighted by molar-refractivity contribution is 7.91. The Morgan fingerprint density at radius 2 is 1.76 bits per heavy atom. The lowest BCUT2D eigenvalue weighted by Crippen LogP contribution is -2.41. The van der Waals surface area contributed by atoms with E-state index in [9.17, 15) is 18.0 Å². The first-order valence-electron chi connectivity index (χ1n) is 11.0. The third kappa shape index (κ3) is 6.55. The van der Waals surface area contributed by atoms with E-state index in [1.54, 1.807) is 43.3 Å². The predicted octanol–water partition coefficient (Wildman–Crippen LogP) is 5.40. The van der Waals surface area contributed by atoms with E-state index in [4.69, 9.17) is 16.3 Å². The summed E-state index contributed by atoms with van der Waals surface area (Å²) in [5.74, 6) is 0.0652. The molecule has 0 bridgehead atoms. The molecule has 0 fully saturated rings. The summed E-state index contributed by atoms with van der Waals surface area (Å²) < 4.78 is 31.3. The number of rotatable bonds is 10. The molecule has 2 N–H and O–H groups in total. The van der Waals surface area contributed by atoms with Crippen LogP contribution in [0.4, 0.5) is 11.4 Å². The van der Waals surface area contributed by atoms with Crippen molar-refractivity contribution in [3.8, 4) is 5.75 Å². The molecule has 0 spiro atoms. The molecule has 0 unspecified atom stereocenters. The molecule has 0 aliphatic heterocycles. The summed E-state index contributed by atoms with van der Waals surface area (Å²) in [6.07, 6.45) is 0.347. The van der Waals surface area contributed by atoms with Crippen molar-refractivity contribution < 1.29 is 22.7 Å². The Morgan fingerprint density at radius 3 is 2.43 bits per heavy atom. The van der Waals surface area contributed by atoms with E-state index in [-0.39, 0.29) is 15.8 Å². The molecular formula is C26H22ClN3O5S2. The third-order valence-corrected chi connectivity index (χ3v) is 8.28. The van der Waals surface area contributed by atoms with Crippen LogP contribution in [0, 0.1) is 6.92 Å². The fourth-order valence-electron chi connectivity index (χ4n) is 3.39. The van der Waals surface area contributed by atoms with Gasteiger partial charge >= 0.3 is 0 Å². The van der Waals surface area contributed by atoms with Crippen LogP contribution in [0.2, 0.25) is 4.34 Å². The topological polar surface area (TPSA) is 105 Å². The summed E-state index contributed by atoms with van der Waals surface area (Å²) in [5.41, 5.74) is 2.70. The normalized spacial score (nSPS) is 11.1. The Labute approximate surface area is 223 Å². The quantitative estimate of drug-likeness (QED) is 0.201. The molecule has 37 heavy (non-hydrogen) atoms. The number of carbonyl (C=O) groups excluding carboxylic acids is 2. The van der Waals surface area contributed by atoms with Crippen LogP contribution in [0.15, 0.2) is 89.1 Å². The van der Waals surface area contributed by atoms with Gasteiger partial charge in [-0.2, -0.15) is 0 Å². The zero-order valence-electron chi connectivity index (χ0n) is 19.6. The standard InChI is InChI=1S/C26H22ClN3O5S2/c1-18-15-20(30(17-31)29-37(33,34)25-14-13-24(27)36-25)11-12-22(18)28-26(32)21-9-5-6-10-23(21)35-16-19-7-3-2-4-8-19/h2-15,17,29H,16H2,1H3,(H,28,32). The van der Waals surface area contributed by atoms with Gasteiger partial charge in [0, 0.05) is 5.69 Å². The zero-order chi connectivity index (χ0) is 26.4. The molecule has 0 radical (unpaired) electrons. The van der Waals surface area contributed by atoms with E-state index < -0.39 is 10.0 Å². The first kappa shape index (κ1) is 26.4. The first-order valence-corrected chi connectivity index (χ1v) is 13.6. The molecule has 190 valence electrons. The number of hydrazine groups is 1. The van der Waals surface area contributed by atoms with E-state index in [1.165, 1.54) is 18.2 Å². The van der Waals surface area contributed by atoms with Crippen LogP contribution in [0.1, 0.15) is 21.5 Å². The van der Waals surface area contributed by atoms with E-state index >= 15 is 0 Å². The number of carbonyl (C=O) groups is 2. The number of hydrogen-bond acceptors (Lipinski definition) is 6. The van der Waals surface area contributed by atoms with Crippen LogP contribution in [-0.4, -0.2) is 20.7 Å². The fraction of sp³-hybridized carbons (Fsp3) is 0.0769. The molecular weight excluding hydrogens is 534 g/mol. The summed E-state index contributed by atoms with van der Waals surface area (Å²) in [5, 5.41) is 3.69. The van der Waals surface area contributed by atoms with Crippen molar-refractivity contribution in [2.45, 2.75) is 17.7 Å². The minimum Gasteiger partial charge on any atom is -0.488 e. The van der Waals surface area contributed by atoms with Crippen molar-refractivity contribution >= 4 is 56.7 Å². The number of amides is 2. The monoisotopic (exact) mass is 555 g/mol. The number of para-hydroxylation sites is 1. The second-order valence-electron chi connectivity index (χ2n) is 7.85. The van der Waals surface area contributed by atoms with Gasteiger partial charge in [0.05, 0.1) is 15.6 Å². The molecule has 0 atom stereocenters. The zero-order valence-corrected chi connectivity index (χ0v) is 21.9. The van der Waals surface area contributed by atoms with Crippen LogP contribution in [0.5, 0.6) is 5.75 Å². The SMILES string of the molecule is Cc1cc(N(C=O)NS(=O)(=O)c2ccc(Cl)s2)ccc1NC(=O)c1ccccc1OCc1ccccc1. The van der Waals surface area contributed by atoms with Gasteiger partial charge in [-0.05, 0) is 60.5 Å². The molecule has 1 heterocycles. The molecule has 11 heteroatoms. The number of benzene rings is 3. The number of sulfonamides is 1. The lowest BCUT2D eigenvalue weighted by molar-refractivity contribution is -0.107. The average molecular weight is 556 g/mol. The summed E-state index contributed by atoms with van der Waals surface area (Å²) >= 11 is 6.70. The van der Waals surface area contributed by atoms with Gasteiger partial charge in [-0.1, -0.05) is 54.1 Å². The lowest BCUT2D eigenvalue weighted by atomic mass is 10.1. The minimum absolute atomic E-state index is 0.0295. The van der Waals surface area contributed by atoms with Crippen LogP contribution in [0.3, 0.4) is 0 Å². The second kappa shape index (κ2) is 11.6. The van der Waals surface area contributed by atoms with E-state index in [1.807, 2.05) is 30.3 Å². The number of ether oxygens (including phenoxy) is 1. The second-order valence-corrected chi connectivity index (χ2v) is 11.5. The Hall–Kier alpha value is -3.70. The molecule has 0 saturated heterocycles. The smallest absolute Gasteiger partial charge is 0.267 e. The van der Waals surface area contributed by atoms with Gasteiger partial charge in [-0.25, -0.2) is 13.4 Å². The molecule has 0 aliphatic rings. The van der Waals surface area contributed by atoms with Gasteiger partial charge in [-0.3, -0.25) is 9.59 Å². The van der Waals surface area contributed by atoms with E-state index in [2.05, 4.69) is 10.1 Å². The van der Waals surface area contributed by atoms with Crippen molar-refractivity contribution in [3.05, 3.63) is 106 Å². The van der Waals surface area contributed by atoms with Gasteiger partial charge in [0.2, 0.25) is 6.41 Å². The van der Waals surface area contributed by atoms with Crippen LogP contribution < -0.4 is 19.9 Å². The van der Waals surface area contributed by atoms with Gasteiger partial charge in [0.1, 0.15) is 16.6 Å². The maximum atomic E-state index is 13.1. The minimum atomic E-state index is -4.01. The van der Waals surface area contributed by atoms with Crippen molar-refractivity contribution in [2.75, 3.05) is 10.3 Å². The largest absolute Gasteiger partial charge is 0.488 e. The molecule has 0 aliphatic carbocycles. The van der Waals surface area contributed by atoms with Gasteiger partial charge in [-0.15, -0.1) is 16.2 Å². The van der Waals surface area contributed by atoms with Gasteiger partial charge < -0.3 is 10.1 Å². The van der Waals surface area contributed by atoms with Crippen LogP contribution >= 0.6 is 22.9 Å². The van der Waals surface area contributed by atoms with E-state index in [0.29, 0.717) is 39.9 Å². The third-order valence-electron chi connectivity index (χ3n) is 5.24. The van der Waals surface area contributed by atoms with Crippen LogP contribution in [-0.2, 0) is 21.4 Å². The average Bonchev–Trinajstić information content (AvgIpc) is 3.35. The highest BCUT2D eigenvalue weighted by atomic mass is 35.5. The molecule has 8 nitrogen and oxygen atoms in total. The Balaban J connectivity index is 1.48. The number of aryl methyl sites for hydroxylation is 1. The Bertz CT molecular complexity index is 1520. The maximum absolute atomic E-state index is 13.1. The number of anilines is 2. The molecule has 0 saturated carbocycles. The summed E-state index contributed by atoms with van der Waals surface area (Å²) in [4.78, 5) is 27.0. The summed E-state index contributed by atoms with van der Waals surface area (Å²) in [6.45, 7) is 2.04. The lowest BCUT2D eigenvalue weighted by Gasteiger charge is -2.19. The first-order chi connectivity index (χ1) is 17.8.